The number of anilines is 1. The molecular formula is C29H24FN5O2. The fourth-order valence-corrected chi connectivity index (χ4v) is 5.67. The van der Waals surface area contributed by atoms with Crippen LogP contribution in [0.5, 0.6) is 0 Å². The number of hydrogen-bond acceptors (Lipinski definition) is 6. The molecule has 2 aromatic heterocycles. The molecule has 0 bridgehead atoms. The van der Waals surface area contributed by atoms with Gasteiger partial charge in [0.15, 0.2) is 12.2 Å². The van der Waals surface area contributed by atoms with Crippen molar-refractivity contribution in [3.05, 3.63) is 78.6 Å². The molecule has 0 radical (unpaired) electrons. The van der Waals surface area contributed by atoms with E-state index < -0.39 is 5.82 Å². The molecule has 8 heteroatoms. The number of nitriles is 1. The van der Waals surface area contributed by atoms with Gasteiger partial charge in [-0.3, -0.25) is 4.79 Å². The molecule has 2 aliphatic heterocycles. The van der Waals surface area contributed by atoms with E-state index in [1.54, 1.807) is 23.1 Å². The number of aromatic nitrogens is 2. The number of pyridine rings is 1. The second-order valence-electron chi connectivity index (χ2n) is 9.85. The number of carbonyl (C=O) groups excluding carboxylic acids is 1. The smallest absolute Gasteiger partial charge is 0.245 e. The topological polar surface area (TPSA) is 86.3 Å². The minimum absolute atomic E-state index is 0.0427. The number of carbonyl (C=O) groups is 1. The minimum atomic E-state index is -0.400. The fourth-order valence-electron chi connectivity index (χ4n) is 5.67. The second-order valence-corrected chi connectivity index (χ2v) is 9.85. The zero-order chi connectivity index (χ0) is 25.7. The van der Waals surface area contributed by atoms with Gasteiger partial charge < -0.3 is 14.2 Å². The summed E-state index contributed by atoms with van der Waals surface area (Å²) >= 11 is 0. The molecule has 2 fully saturated rings. The van der Waals surface area contributed by atoms with Gasteiger partial charge in [0.25, 0.3) is 0 Å². The first kappa shape index (κ1) is 22.9. The lowest BCUT2D eigenvalue weighted by Gasteiger charge is -2.47. The number of fused-ring (bicyclic) bond motifs is 1. The van der Waals surface area contributed by atoms with E-state index in [-0.39, 0.29) is 11.3 Å². The Balaban J connectivity index is 1.50. The lowest BCUT2D eigenvalue weighted by Crippen LogP contribution is -2.59. The molecule has 1 spiro atoms. The third-order valence-electron chi connectivity index (χ3n) is 7.51. The first-order valence-electron chi connectivity index (χ1n) is 12.1. The number of aryl methyl sites for hydroxylation is 1. The van der Waals surface area contributed by atoms with E-state index in [0.717, 1.165) is 17.7 Å². The van der Waals surface area contributed by atoms with Crippen LogP contribution < -0.4 is 4.90 Å². The van der Waals surface area contributed by atoms with Crippen LogP contribution in [0, 0.1) is 29.5 Å². The summed E-state index contributed by atoms with van der Waals surface area (Å²) in [7, 11) is 0. The molecule has 0 saturated carbocycles. The Bertz CT molecular complexity index is 1610. The molecule has 37 heavy (non-hydrogen) atoms. The molecule has 2 aromatic carbocycles. The van der Waals surface area contributed by atoms with Crippen molar-refractivity contribution in [2.24, 2.45) is 5.41 Å². The summed E-state index contributed by atoms with van der Waals surface area (Å²) in [6, 6.07) is 14.5. The van der Waals surface area contributed by atoms with Crippen molar-refractivity contribution < 1.29 is 13.6 Å². The summed E-state index contributed by atoms with van der Waals surface area (Å²) in [6.45, 7) is 8.11. The van der Waals surface area contributed by atoms with Gasteiger partial charge in [-0.05, 0) is 31.6 Å². The molecule has 4 heterocycles. The SMILES string of the molecule is C=CC(=O)N1CC2(CCN(c3nc4cc(-c5ocnc5C)ccc4c(-c4ccccc4F)c3C#N)C2)C1. The van der Waals surface area contributed by atoms with Gasteiger partial charge in [-0.1, -0.05) is 36.9 Å². The molecule has 0 unspecified atom stereocenters. The van der Waals surface area contributed by atoms with Crippen molar-refractivity contribution >= 4 is 22.6 Å². The molecule has 7 nitrogen and oxygen atoms in total. The van der Waals surface area contributed by atoms with Crippen LogP contribution in [0.15, 0.2) is 65.9 Å². The number of amides is 1. The molecule has 1 amide bonds. The number of benzene rings is 2. The van der Waals surface area contributed by atoms with Gasteiger partial charge in [-0.25, -0.2) is 14.4 Å². The summed E-state index contributed by atoms with van der Waals surface area (Å²) in [5.41, 5.74) is 3.39. The molecule has 0 aliphatic carbocycles. The lowest BCUT2D eigenvalue weighted by molar-refractivity contribution is -0.136. The van der Waals surface area contributed by atoms with Gasteiger partial charge >= 0.3 is 0 Å². The summed E-state index contributed by atoms with van der Waals surface area (Å²) in [4.78, 5) is 25.0. The summed E-state index contributed by atoms with van der Waals surface area (Å²) < 4.78 is 20.7. The Morgan fingerprint density at radius 3 is 2.76 bits per heavy atom. The Morgan fingerprint density at radius 2 is 2.05 bits per heavy atom. The number of nitrogens with zero attached hydrogens (tertiary/aromatic N) is 5. The van der Waals surface area contributed by atoms with E-state index in [2.05, 4.69) is 22.5 Å². The van der Waals surface area contributed by atoms with Crippen molar-refractivity contribution in [2.45, 2.75) is 13.3 Å². The highest BCUT2D eigenvalue weighted by Gasteiger charge is 2.49. The van der Waals surface area contributed by atoms with Gasteiger partial charge in [0.05, 0.1) is 11.2 Å². The van der Waals surface area contributed by atoms with Crippen LogP contribution >= 0.6 is 0 Å². The summed E-state index contributed by atoms with van der Waals surface area (Å²) in [5.74, 6) is 0.708. The molecule has 4 aromatic rings. The van der Waals surface area contributed by atoms with Crippen LogP contribution in [0.3, 0.4) is 0 Å². The van der Waals surface area contributed by atoms with Crippen molar-refractivity contribution in [1.82, 2.24) is 14.9 Å². The van der Waals surface area contributed by atoms with Crippen LogP contribution in [0.4, 0.5) is 10.2 Å². The summed E-state index contributed by atoms with van der Waals surface area (Å²) in [5, 5.41) is 11.0. The molecular weight excluding hydrogens is 469 g/mol. The largest absolute Gasteiger partial charge is 0.443 e. The second kappa shape index (κ2) is 8.56. The van der Waals surface area contributed by atoms with E-state index in [9.17, 15) is 10.1 Å². The predicted octanol–water partition coefficient (Wildman–Crippen LogP) is 5.10. The maximum Gasteiger partial charge on any atom is 0.245 e. The number of likely N-dealkylation sites (tertiary alicyclic amines) is 1. The zero-order valence-electron chi connectivity index (χ0n) is 20.4. The first-order valence-corrected chi connectivity index (χ1v) is 12.1. The van der Waals surface area contributed by atoms with Gasteiger partial charge in [0.1, 0.15) is 23.3 Å². The highest BCUT2D eigenvalue weighted by Crippen LogP contribution is 2.44. The average Bonchev–Trinajstić information content (AvgIpc) is 3.53. The fraction of sp³-hybridized carbons (Fsp3) is 0.241. The van der Waals surface area contributed by atoms with E-state index in [0.29, 0.717) is 65.4 Å². The molecule has 6 rings (SSSR count). The first-order chi connectivity index (χ1) is 17.9. The normalized spacial score (nSPS) is 16.1. The van der Waals surface area contributed by atoms with E-state index in [1.165, 1.54) is 18.5 Å². The number of rotatable bonds is 4. The maximum absolute atomic E-state index is 15.1. The van der Waals surface area contributed by atoms with Gasteiger partial charge in [-0.2, -0.15) is 5.26 Å². The minimum Gasteiger partial charge on any atom is -0.443 e. The molecule has 2 saturated heterocycles. The Hall–Kier alpha value is -4.51. The van der Waals surface area contributed by atoms with Crippen molar-refractivity contribution in [2.75, 3.05) is 31.1 Å². The van der Waals surface area contributed by atoms with Gasteiger partial charge in [0, 0.05) is 53.7 Å². The maximum atomic E-state index is 15.1. The van der Waals surface area contributed by atoms with E-state index in [1.807, 2.05) is 25.1 Å². The quantitative estimate of drug-likeness (QED) is 0.368. The van der Waals surface area contributed by atoms with E-state index >= 15 is 4.39 Å². The predicted molar refractivity (Wildman–Crippen MR) is 138 cm³/mol. The van der Waals surface area contributed by atoms with Crippen LogP contribution in [-0.4, -0.2) is 47.0 Å². The van der Waals surface area contributed by atoms with Crippen LogP contribution in [0.2, 0.25) is 0 Å². The van der Waals surface area contributed by atoms with Crippen LogP contribution in [0.1, 0.15) is 17.7 Å². The molecule has 0 atom stereocenters. The zero-order valence-corrected chi connectivity index (χ0v) is 20.4. The number of oxazole rings is 1. The van der Waals surface area contributed by atoms with E-state index in [4.69, 9.17) is 9.40 Å². The standard InChI is InChI=1S/C29H24FN5O2/c1-3-25(36)35-15-29(16-35)10-11-34(14-29)28-22(13-31)26(20-6-4-5-7-23(20)30)21-9-8-19(12-24(21)33-28)27-18(2)32-17-37-27/h3-9,12,17H,1,10-11,14-16H2,2H3. The van der Waals surface area contributed by atoms with Gasteiger partial charge in [0.2, 0.25) is 5.91 Å². The molecule has 184 valence electrons. The number of halogens is 1. The van der Waals surface area contributed by atoms with Crippen molar-refractivity contribution in [3.8, 4) is 28.5 Å². The Morgan fingerprint density at radius 1 is 1.24 bits per heavy atom. The molecule has 2 aliphatic rings. The Labute approximate surface area is 213 Å². The van der Waals surface area contributed by atoms with Crippen molar-refractivity contribution in [3.63, 3.8) is 0 Å². The highest BCUT2D eigenvalue weighted by atomic mass is 19.1. The van der Waals surface area contributed by atoms with Crippen LogP contribution in [0.25, 0.3) is 33.4 Å². The number of hydrogen-bond donors (Lipinski definition) is 0. The monoisotopic (exact) mass is 493 g/mol. The Kier molecular flexibility index (Phi) is 5.30. The third-order valence-corrected chi connectivity index (χ3v) is 7.51. The average molecular weight is 494 g/mol. The van der Waals surface area contributed by atoms with Crippen LogP contribution in [-0.2, 0) is 4.79 Å². The highest BCUT2D eigenvalue weighted by molar-refractivity contribution is 6.01. The lowest BCUT2D eigenvalue weighted by atomic mass is 9.79. The van der Waals surface area contributed by atoms with Gasteiger partial charge in [-0.15, -0.1) is 0 Å². The molecule has 0 N–H and O–H groups in total. The third kappa shape index (κ3) is 3.66. The summed E-state index contributed by atoms with van der Waals surface area (Å²) in [6.07, 6.45) is 3.62. The van der Waals surface area contributed by atoms with Crippen molar-refractivity contribution in [1.29, 1.82) is 5.26 Å².